The molecule has 0 radical (unpaired) electrons. The fourth-order valence-electron chi connectivity index (χ4n) is 2.95. The quantitative estimate of drug-likeness (QED) is 0.369. The maximum atomic E-state index is 12.2. The number of benzene rings is 2. The zero-order chi connectivity index (χ0) is 20.5. The Bertz CT molecular complexity index is 872. The van der Waals surface area contributed by atoms with Crippen LogP contribution in [0.2, 0.25) is 0 Å². The van der Waals surface area contributed by atoms with E-state index in [1.165, 1.54) is 12.7 Å². The van der Waals surface area contributed by atoms with Crippen molar-refractivity contribution >= 4 is 23.4 Å². The summed E-state index contributed by atoms with van der Waals surface area (Å²) in [6.45, 7) is 4.17. The Labute approximate surface area is 166 Å². The van der Waals surface area contributed by atoms with Gasteiger partial charge in [0.25, 0.3) is 0 Å². The molecule has 0 aliphatic heterocycles. The first kappa shape index (κ1) is 21.2. The van der Waals surface area contributed by atoms with E-state index in [4.69, 9.17) is 20.6 Å². The Morgan fingerprint density at radius 2 is 2.00 bits per heavy atom. The summed E-state index contributed by atoms with van der Waals surface area (Å²) in [5, 5.41) is 8.47. The Hall–Kier alpha value is -3.08. The molecule has 28 heavy (non-hydrogen) atoms. The van der Waals surface area contributed by atoms with Crippen molar-refractivity contribution in [3.8, 4) is 5.75 Å². The predicted molar refractivity (Wildman–Crippen MR) is 114 cm³/mol. The monoisotopic (exact) mass is 380 g/mol. The summed E-state index contributed by atoms with van der Waals surface area (Å²) in [5.74, 6) is -0.245. The van der Waals surface area contributed by atoms with Gasteiger partial charge in [-0.05, 0) is 49.1 Å². The minimum atomic E-state index is -0.499. The van der Waals surface area contributed by atoms with Gasteiger partial charge in [-0.1, -0.05) is 43.7 Å². The number of unbranched alkanes of at least 4 members (excludes halogenated alkanes) is 1. The van der Waals surface area contributed by atoms with Crippen molar-refractivity contribution in [3.63, 3.8) is 0 Å². The van der Waals surface area contributed by atoms with Crippen LogP contribution in [0.5, 0.6) is 5.75 Å². The van der Waals surface area contributed by atoms with Crippen molar-refractivity contribution in [3.05, 3.63) is 64.7 Å². The number of ether oxygens (including phenoxy) is 2. The van der Waals surface area contributed by atoms with Crippen LogP contribution in [0, 0.1) is 5.41 Å². The SMILES string of the molecule is CCCCc1cccc(/C=C/C(=N)c2c(N)ccc(C(=O)OCC)c2OC)c1. The van der Waals surface area contributed by atoms with E-state index in [0.29, 0.717) is 11.3 Å². The van der Waals surface area contributed by atoms with Crippen LogP contribution in [0.15, 0.2) is 42.5 Å². The first-order valence-electron chi connectivity index (χ1n) is 9.51. The van der Waals surface area contributed by atoms with Crippen LogP contribution in [0.25, 0.3) is 6.08 Å². The number of allylic oxidation sites excluding steroid dienone is 1. The number of nitrogen functional groups attached to an aromatic ring is 1. The molecule has 5 heteroatoms. The standard InChI is InChI=1S/C23H28N2O3/c1-4-6-8-16-9-7-10-17(15-16)11-13-19(24)21-20(25)14-12-18(22(21)27-3)23(26)28-5-2/h7,9-15,24H,4-6,8,25H2,1-3H3/b13-11+,24-19?. The Morgan fingerprint density at radius 3 is 2.68 bits per heavy atom. The number of nitrogens with one attached hydrogen (secondary N) is 1. The number of methoxy groups -OCH3 is 1. The molecule has 0 unspecified atom stereocenters. The van der Waals surface area contributed by atoms with Crippen molar-refractivity contribution in [2.75, 3.05) is 19.5 Å². The second-order valence-corrected chi connectivity index (χ2v) is 6.43. The van der Waals surface area contributed by atoms with E-state index in [2.05, 4.69) is 19.1 Å². The summed E-state index contributed by atoms with van der Waals surface area (Å²) >= 11 is 0. The zero-order valence-corrected chi connectivity index (χ0v) is 16.7. The highest BCUT2D eigenvalue weighted by Gasteiger charge is 2.20. The van der Waals surface area contributed by atoms with Crippen LogP contribution in [0.1, 0.15) is 53.7 Å². The molecule has 0 aliphatic rings. The van der Waals surface area contributed by atoms with E-state index < -0.39 is 5.97 Å². The molecule has 2 aromatic carbocycles. The number of rotatable bonds is 9. The summed E-state index contributed by atoms with van der Waals surface area (Å²) in [7, 11) is 1.45. The highest BCUT2D eigenvalue weighted by molar-refractivity contribution is 6.15. The predicted octanol–water partition coefficient (Wildman–Crippen LogP) is 4.88. The molecule has 0 fully saturated rings. The number of hydrogen-bond acceptors (Lipinski definition) is 5. The third kappa shape index (κ3) is 5.22. The molecule has 2 rings (SSSR count). The van der Waals surface area contributed by atoms with Crippen molar-refractivity contribution < 1.29 is 14.3 Å². The lowest BCUT2D eigenvalue weighted by Gasteiger charge is -2.14. The van der Waals surface area contributed by atoms with Gasteiger partial charge in [0.05, 0.1) is 25.0 Å². The molecular weight excluding hydrogens is 352 g/mol. The van der Waals surface area contributed by atoms with Crippen LogP contribution in [-0.4, -0.2) is 25.4 Å². The molecule has 0 amide bonds. The van der Waals surface area contributed by atoms with Crippen LogP contribution < -0.4 is 10.5 Å². The number of hydrogen-bond donors (Lipinski definition) is 2. The number of carbonyl (C=O) groups is 1. The van der Waals surface area contributed by atoms with Crippen molar-refractivity contribution in [1.29, 1.82) is 5.41 Å². The third-order valence-corrected chi connectivity index (χ3v) is 4.37. The lowest BCUT2D eigenvalue weighted by molar-refractivity contribution is 0.0522. The maximum absolute atomic E-state index is 12.2. The second kappa shape index (κ2) is 10.3. The molecule has 0 bridgehead atoms. The third-order valence-electron chi connectivity index (χ3n) is 4.37. The number of esters is 1. The van der Waals surface area contributed by atoms with Gasteiger partial charge in [-0.3, -0.25) is 0 Å². The smallest absolute Gasteiger partial charge is 0.341 e. The number of aryl methyl sites for hydroxylation is 1. The van der Waals surface area contributed by atoms with Gasteiger partial charge < -0.3 is 20.6 Å². The molecule has 3 N–H and O–H groups in total. The Morgan fingerprint density at radius 1 is 1.21 bits per heavy atom. The van der Waals surface area contributed by atoms with E-state index in [9.17, 15) is 4.79 Å². The summed E-state index contributed by atoms with van der Waals surface area (Å²) < 4.78 is 10.5. The average molecular weight is 380 g/mol. The maximum Gasteiger partial charge on any atom is 0.341 e. The molecule has 0 saturated heterocycles. The molecule has 148 valence electrons. The minimum absolute atomic E-state index is 0.166. The molecule has 0 aliphatic carbocycles. The first-order chi connectivity index (χ1) is 13.5. The lowest BCUT2D eigenvalue weighted by Crippen LogP contribution is -2.12. The molecule has 5 nitrogen and oxygen atoms in total. The molecule has 2 aromatic rings. The van der Waals surface area contributed by atoms with Gasteiger partial charge in [-0.25, -0.2) is 4.79 Å². The largest absolute Gasteiger partial charge is 0.495 e. The van der Waals surface area contributed by atoms with Gasteiger partial charge in [0.1, 0.15) is 11.3 Å². The number of carbonyl (C=O) groups excluding carboxylic acids is 1. The zero-order valence-electron chi connectivity index (χ0n) is 16.7. The van der Waals surface area contributed by atoms with Crippen LogP contribution >= 0.6 is 0 Å². The van der Waals surface area contributed by atoms with Gasteiger partial charge in [-0.15, -0.1) is 0 Å². The van der Waals surface area contributed by atoms with Gasteiger partial charge >= 0.3 is 5.97 Å². The van der Waals surface area contributed by atoms with Crippen LogP contribution in [0.3, 0.4) is 0 Å². The summed E-state index contributed by atoms with van der Waals surface area (Å²) in [6, 6.07) is 11.4. The Balaban J connectivity index is 2.32. The van der Waals surface area contributed by atoms with E-state index in [-0.39, 0.29) is 23.6 Å². The van der Waals surface area contributed by atoms with Crippen LogP contribution in [-0.2, 0) is 11.2 Å². The van der Waals surface area contributed by atoms with Gasteiger partial charge in [0.2, 0.25) is 0 Å². The molecule has 0 heterocycles. The normalized spacial score (nSPS) is 10.8. The molecule has 0 aromatic heterocycles. The number of anilines is 1. The second-order valence-electron chi connectivity index (χ2n) is 6.43. The van der Waals surface area contributed by atoms with Gasteiger partial charge in [0.15, 0.2) is 0 Å². The Kier molecular flexibility index (Phi) is 7.81. The summed E-state index contributed by atoms with van der Waals surface area (Å²) in [6.07, 6.45) is 6.88. The van der Waals surface area contributed by atoms with E-state index in [1.54, 1.807) is 25.1 Å². The summed E-state index contributed by atoms with van der Waals surface area (Å²) in [5.41, 5.74) is 9.54. The van der Waals surface area contributed by atoms with Crippen molar-refractivity contribution in [2.45, 2.75) is 33.1 Å². The highest BCUT2D eigenvalue weighted by atomic mass is 16.5. The highest BCUT2D eigenvalue weighted by Crippen LogP contribution is 2.30. The summed E-state index contributed by atoms with van der Waals surface area (Å²) in [4.78, 5) is 12.2. The van der Waals surface area contributed by atoms with Crippen molar-refractivity contribution in [1.82, 2.24) is 0 Å². The first-order valence-corrected chi connectivity index (χ1v) is 9.51. The lowest BCUT2D eigenvalue weighted by atomic mass is 10.0. The van der Waals surface area contributed by atoms with E-state index >= 15 is 0 Å². The van der Waals surface area contributed by atoms with Crippen molar-refractivity contribution in [2.24, 2.45) is 0 Å². The fourth-order valence-corrected chi connectivity index (χ4v) is 2.95. The van der Waals surface area contributed by atoms with E-state index in [0.717, 1.165) is 24.8 Å². The topological polar surface area (TPSA) is 85.4 Å². The fraction of sp³-hybridized carbons (Fsp3) is 0.304. The minimum Gasteiger partial charge on any atom is -0.495 e. The molecule has 0 saturated carbocycles. The van der Waals surface area contributed by atoms with Crippen LogP contribution in [0.4, 0.5) is 5.69 Å². The van der Waals surface area contributed by atoms with Gasteiger partial charge in [-0.2, -0.15) is 0 Å². The molecular formula is C23H28N2O3. The molecule has 0 atom stereocenters. The molecule has 0 spiro atoms. The van der Waals surface area contributed by atoms with E-state index in [1.807, 2.05) is 18.2 Å². The average Bonchev–Trinajstić information content (AvgIpc) is 2.70. The number of nitrogens with two attached hydrogens (primary N) is 1. The van der Waals surface area contributed by atoms with Gasteiger partial charge in [0, 0.05) is 5.69 Å².